The quantitative estimate of drug-likeness (QED) is 0.210. The first kappa shape index (κ1) is 30.6. The van der Waals surface area contributed by atoms with Crippen molar-refractivity contribution < 1.29 is 34.1 Å². The van der Waals surface area contributed by atoms with Crippen LogP contribution in [0.2, 0.25) is 0 Å². The highest BCUT2D eigenvalue weighted by Gasteiger charge is 2.29. The highest BCUT2D eigenvalue weighted by atomic mass is 16.5. The van der Waals surface area contributed by atoms with Gasteiger partial charge in [0.2, 0.25) is 0 Å². The summed E-state index contributed by atoms with van der Waals surface area (Å²) in [6.07, 6.45) is 6.62. The van der Waals surface area contributed by atoms with Crippen LogP contribution in [-0.4, -0.2) is 59.3 Å². The molecule has 1 saturated heterocycles. The molecule has 1 heterocycles. The average Bonchev–Trinajstić information content (AvgIpc) is 3.01. The number of carboxylic acids is 2. The van der Waals surface area contributed by atoms with Crippen molar-refractivity contribution in [1.82, 2.24) is 4.90 Å². The third kappa shape index (κ3) is 9.09. The molecule has 0 aromatic heterocycles. The average molecular weight is 574 g/mol. The van der Waals surface area contributed by atoms with Crippen molar-refractivity contribution in [2.75, 3.05) is 26.3 Å². The first-order valence-corrected chi connectivity index (χ1v) is 14.7. The number of aromatic carboxylic acids is 1. The Kier molecular flexibility index (Phi) is 11.4. The third-order valence-electron chi connectivity index (χ3n) is 7.60. The van der Waals surface area contributed by atoms with Crippen LogP contribution in [0.4, 0.5) is 0 Å². The van der Waals surface area contributed by atoms with Gasteiger partial charge in [0.1, 0.15) is 11.5 Å². The maximum atomic E-state index is 13.2. The molecule has 2 N–H and O–H groups in total. The number of unbranched alkanes of at least 4 members (excludes halogenated alkanes) is 2. The van der Waals surface area contributed by atoms with Gasteiger partial charge in [0.05, 0.1) is 30.3 Å². The van der Waals surface area contributed by atoms with Crippen molar-refractivity contribution in [2.24, 2.45) is 5.92 Å². The molecule has 4 rings (SSSR count). The molecule has 1 aliphatic heterocycles. The van der Waals surface area contributed by atoms with Gasteiger partial charge in [-0.3, -0.25) is 9.59 Å². The molecule has 3 aromatic carbocycles. The van der Waals surface area contributed by atoms with E-state index < -0.39 is 17.9 Å². The highest BCUT2D eigenvalue weighted by molar-refractivity contribution is 6.00. The van der Waals surface area contributed by atoms with Crippen molar-refractivity contribution >= 4 is 17.8 Å². The second kappa shape index (κ2) is 15.6. The Morgan fingerprint density at radius 1 is 0.738 bits per heavy atom. The smallest absolute Gasteiger partial charge is 0.335 e. The third-order valence-corrected chi connectivity index (χ3v) is 7.60. The lowest BCUT2D eigenvalue weighted by molar-refractivity contribution is -0.143. The van der Waals surface area contributed by atoms with Crippen molar-refractivity contribution in [1.29, 1.82) is 0 Å². The van der Waals surface area contributed by atoms with Gasteiger partial charge in [0.25, 0.3) is 5.91 Å². The molecule has 0 radical (unpaired) electrons. The normalized spacial score (nSPS) is 13.5. The first-order chi connectivity index (χ1) is 20.4. The van der Waals surface area contributed by atoms with Crippen molar-refractivity contribution in [3.05, 3.63) is 95.1 Å². The molecular formula is C34H39NO7. The Labute approximate surface area is 246 Å². The van der Waals surface area contributed by atoms with Crippen LogP contribution >= 0.6 is 0 Å². The van der Waals surface area contributed by atoms with Crippen LogP contribution in [0.5, 0.6) is 11.5 Å². The van der Waals surface area contributed by atoms with E-state index in [-0.39, 0.29) is 17.0 Å². The van der Waals surface area contributed by atoms with Crippen LogP contribution in [0.25, 0.3) is 0 Å². The Morgan fingerprint density at radius 3 is 2.10 bits per heavy atom. The molecule has 0 saturated carbocycles. The summed E-state index contributed by atoms with van der Waals surface area (Å²) in [4.78, 5) is 37.6. The highest BCUT2D eigenvalue weighted by Crippen LogP contribution is 2.26. The number of hydrogen-bond acceptors (Lipinski definition) is 5. The zero-order valence-electron chi connectivity index (χ0n) is 23.9. The molecule has 0 bridgehead atoms. The summed E-state index contributed by atoms with van der Waals surface area (Å²) < 4.78 is 11.8. The van der Waals surface area contributed by atoms with Crippen LogP contribution in [0.15, 0.2) is 72.8 Å². The van der Waals surface area contributed by atoms with Crippen LogP contribution in [0.1, 0.15) is 70.4 Å². The van der Waals surface area contributed by atoms with E-state index in [1.165, 1.54) is 23.8 Å². The van der Waals surface area contributed by atoms with Gasteiger partial charge < -0.3 is 24.6 Å². The minimum Gasteiger partial charge on any atom is -0.494 e. The van der Waals surface area contributed by atoms with Crippen LogP contribution in [0.3, 0.4) is 0 Å². The summed E-state index contributed by atoms with van der Waals surface area (Å²) in [6, 6.07) is 22.9. The maximum absolute atomic E-state index is 13.2. The fraction of sp³-hybridized carbons (Fsp3) is 0.382. The van der Waals surface area contributed by atoms with Crippen molar-refractivity contribution in [2.45, 2.75) is 51.4 Å². The van der Waals surface area contributed by atoms with E-state index in [1.807, 2.05) is 30.3 Å². The Morgan fingerprint density at radius 2 is 1.40 bits per heavy atom. The van der Waals surface area contributed by atoms with E-state index in [4.69, 9.17) is 9.47 Å². The largest absolute Gasteiger partial charge is 0.494 e. The van der Waals surface area contributed by atoms with Crippen molar-refractivity contribution in [3.8, 4) is 11.5 Å². The summed E-state index contributed by atoms with van der Waals surface area (Å²) in [5.41, 5.74) is 2.71. The predicted molar refractivity (Wildman–Crippen MR) is 159 cm³/mol. The van der Waals surface area contributed by atoms with Gasteiger partial charge in [-0.15, -0.1) is 0 Å². The zero-order valence-corrected chi connectivity index (χ0v) is 23.9. The number of aryl methyl sites for hydroxylation is 2. The number of piperidine rings is 1. The minimum absolute atomic E-state index is 0.000569. The van der Waals surface area contributed by atoms with E-state index >= 15 is 0 Å². The molecular weight excluding hydrogens is 534 g/mol. The number of aliphatic carboxylic acids is 1. The summed E-state index contributed by atoms with van der Waals surface area (Å²) in [5.74, 6) is -1.61. The minimum atomic E-state index is -1.13. The standard InChI is InChI=1S/C34H39NO7/c36-32(35-20-18-27(19-21-35)33(37)38)30-24-28(34(39)40)14-17-31(30)42-23-7-11-26-12-15-29(16-13-26)41-22-6-2-5-10-25-8-3-1-4-9-25/h1,3-4,8-9,12-17,24,27H,2,5-7,10-11,18-23H2,(H,37,38)(H,39,40). The van der Waals surface area contributed by atoms with Crippen LogP contribution in [0, 0.1) is 5.92 Å². The SMILES string of the molecule is O=C(O)c1ccc(OCCCc2ccc(OCCCCCc3ccccc3)cc2)c(C(=O)N2CCC(C(=O)O)CC2)c1. The van der Waals surface area contributed by atoms with Gasteiger partial charge >= 0.3 is 11.9 Å². The van der Waals surface area contributed by atoms with Gasteiger partial charge in [-0.2, -0.15) is 0 Å². The molecule has 1 aliphatic rings. The van der Waals surface area contributed by atoms with E-state index in [0.717, 1.165) is 43.4 Å². The number of nitrogens with zero attached hydrogens (tertiary/aromatic N) is 1. The van der Waals surface area contributed by atoms with Gasteiger partial charge in [-0.25, -0.2) is 4.79 Å². The Hall–Kier alpha value is -4.33. The lowest BCUT2D eigenvalue weighted by Crippen LogP contribution is -2.40. The van der Waals surface area contributed by atoms with E-state index in [1.54, 1.807) is 4.90 Å². The lowest BCUT2D eigenvalue weighted by Gasteiger charge is -2.30. The second-order valence-electron chi connectivity index (χ2n) is 10.7. The van der Waals surface area contributed by atoms with Crippen molar-refractivity contribution in [3.63, 3.8) is 0 Å². The second-order valence-corrected chi connectivity index (χ2v) is 10.7. The molecule has 0 unspecified atom stereocenters. The monoisotopic (exact) mass is 573 g/mol. The molecule has 222 valence electrons. The summed E-state index contributed by atoms with van der Waals surface area (Å²) in [7, 11) is 0. The lowest BCUT2D eigenvalue weighted by atomic mass is 9.96. The molecule has 8 heteroatoms. The van der Waals surface area contributed by atoms with Crippen LogP contribution in [-0.2, 0) is 17.6 Å². The number of carbonyl (C=O) groups excluding carboxylic acids is 1. The number of rotatable bonds is 15. The molecule has 3 aromatic rings. The van der Waals surface area contributed by atoms with Gasteiger partial charge in [-0.1, -0.05) is 42.5 Å². The number of carbonyl (C=O) groups is 3. The van der Waals surface area contributed by atoms with Crippen LogP contribution < -0.4 is 9.47 Å². The molecule has 42 heavy (non-hydrogen) atoms. The van der Waals surface area contributed by atoms with Gasteiger partial charge in [-0.05, 0) is 92.8 Å². The predicted octanol–water partition coefficient (Wildman–Crippen LogP) is 6.13. The molecule has 0 spiro atoms. The Bertz CT molecular complexity index is 1320. The van der Waals surface area contributed by atoms with Gasteiger partial charge in [0.15, 0.2) is 0 Å². The number of carboxylic acid groups (broad SMARTS) is 2. The van der Waals surface area contributed by atoms with E-state index in [2.05, 4.69) is 24.3 Å². The number of benzene rings is 3. The summed E-state index contributed by atoms with van der Waals surface area (Å²) in [5, 5.41) is 18.7. The Balaban J connectivity index is 1.20. The zero-order chi connectivity index (χ0) is 29.7. The molecule has 0 atom stereocenters. The van der Waals surface area contributed by atoms with Gasteiger partial charge in [0, 0.05) is 13.1 Å². The molecule has 1 amide bonds. The first-order valence-electron chi connectivity index (χ1n) is 14.7. The number of ether oxygens (including phenoxy) is 2. The summed E-state index contributed by atoms with van der Waals surface area (Å²) >= 11 is 0. The number of likely N-dealkylation sites (tertiary alicyclic amines) is 1. The number of hydrogen-bond donors (Lipinski definition) is 2. The van der Waals surface area contributed by atoms with E-state index in [0.29, 0.717) is 51.3 Å². The molecule has 1 fully saturated rings. The van der Waals surface area contributed by atoms with E-state index in [9.17, 15) is 24.6 Å². The fourth-order valence-electron chi connectivity index (χ4n) is 5.11. The molecule has 8 nitrogen and oxygen atoms in total. The number of amides is 1. The molecule has 0 aliphatic carbocycles. The summed E-state index contributed by atoms with van der Waals surface area (Å²) in [6.45, 7) is 1.66. The maximum Gasteiger partial charge on any atom is 0.335 e. The topological polar surface area (TPSA) is 113 Å². The fourth-order valence-corrected chi connectivity index (χ4v) is 5.11.